The summed E-state index contributed by atoms with van der Waals surface area (Å²) >= 11 is 0. The van der Waals surface area contributed by atoms with Crippen LogP contribution in [0.25, 0.3) is 33.4 Å². The fourth-order valence-corrected chi connectivity index (χ4v) is 4.97. The van der Waals surface area contributed by atoms with E-state index in [2.05, 4.69) is 0 Å². The molecule has 3 aromatic carbocycles. The number of hydrogen-bond acceptors (Lipinski definition) is 7. The number of carboxylic acid groups (broad SMARTS) is 2. The van der Waals surface area contributed by atoms with Crippen LogP contribution in [0.3, 0.4) is 0 Å². The topological polar surface area (TPSA) is 149 Å². The van der Waals surface area contributed by atoms with Crippen molar-refractivity contribution in [2.75, 3.05) is 25.0 Å². The number of nitrogens with zero attached hydrogens (tertiary/aromatic N) is 2. The molecule has 5 rings (SSSR count). The van der Waals surface area contributed by atoms with E-state index in [1.54, 1.807) is 49.4 Å². The van der Waals surface area contributed by atoms with E-state index in [1.807, 2.05) is 30.1 Å². The van der Waals surface area contributed by atoms with Crippen LogP contribution in [0, 0.1) is 6.92 Å². The number of fused-ring (bicyclic) bond motifs is 2. The number of carbonyl (C=O) groups excluding carboxylic acids is 1. The minimum Gasteiger partial charge on any atom is -0.508 e. The first-order valence-corrected chi connectivity index (χ1v) is 12.9. The Morgan fingerprint density at radius 1 is 0.786 bits per heavy atom. The van der Waals surface area contributed by atoms with Gasteiger partial charge in [0, 0.05) is 52.6 Å². The SMILES string of the molecule is Cc1cc(C(=O)N(CC(=O)O)CC(=O)O)ccc1-c1c2ccc(=O)cc-2oc2cc(N(C)c3ccc(O)cc3)ccc12. The fourth-order valence-electron chi connectivity index (χ4n) is 4.97. The van der Waals surface area contributed by atoms with Crippen LogP contribution in [-0.2, 0) is 9.59 Å². The molecule has 1 amide bonds. The van der Waals surface area contributed by atoms with Gasteiger partial charge in [-0.2, -0.15) is 0 Å². The third-order valence-electron chi connectivity index (χ3n) is 6.98. The van der Waals surface area contributed by atoms with Gasteiger partial charge >= 0.3 is 11.9 Å². The van der Waals surface area contributed by atoms with Crippen LogP contribution >= 0.6 is 0 Å². The Hall–Kier alpha value is -5.64. The lowest BCUT2D eigenvalue weighted by Gasteiger charge is -2.22. The van der Waals surface area contributed by atoms with E-state index >= 15 is 0 Å². The number of amides is 1. The van der Waals surface area contributed by atoms with Crippen LogP contribution < -0.4 is 10.3 Å². The maximum Gasteiger partial charge on any atom is 0.323 e. The number of rotatable bonds is 8. The summed E-state index contributed by atoms with van der Waals surface area (Å²) in [5.74, 6) is -2.83. The van der Waals surface area contributed by atoms with Crippen molar-refractivity contribution >= 4 is 40.2 Å². The largest absolute Gasteiger partial charge is 0.508 e. The normalized spacial score (nSPS) is 11.0. The molecule has 10 heteroatoms. The molecule has 0 bridgehead atoms. The Bertz CT molecular complexity index is 1860. The van der Waals surface area contributed by atoms with Gasteiger partial charge in [0.2, 0.25) is 0 Å². The predicted molar refractivity (Wildman–Crippen MR) is 157 cm³/mol. The molecular weight excluding hydrogens is 540 g/mol. The summed E-state index contributed by atoms with van der Waals surface area (Å²) in [6, 6.07) is 21.8. The molecule has 10 nitrogen and oxygen atoms in total. The van der Waals surface area contributed by atoms with Crippen molar-refractivity contribution in [3.8, 4) is 28.2 Å². The number of anilines is 2. The molecule has 212 valence electrons. The first-order chi connectivity index (χ1) is 20.0. The molecule has 3 N–H and O–H groups in total. The number of benzene rings is 4. The van der Waals surface area contributed by atoms with Gasteiger partial charge in [-0.15, -0.1) is 0 Å². The summed E-state index contributed by atoms with van der Waals surface area (Å²) in [5.41, 5.74) is 4.96. The highest BCUT2D eigenvalue weighted by molar-refractivity contribution is 6.04. The van der Waals surface area contributed by atoms with Crippen LogP contribution in [0.4, 0.5) is 11.4 Å². The van der Waals surface area contributed by atoms with Crippen molar-refractivity contribution in [1.82, 2.24) is 4.90 Å². The zero-order valence-electron chi connectivity index (χ0n) is 22.7. The van der Waals surface area contributed by atoms with Gasteiger partial charge in [-0.3, -0.25) is 19.2 Å². The van der Waals surface area contributed by atoms with Crippen LogP contribution in [0.5, 0.6) is 5.75 Å². The number of carbonyl (C=O) groups is 3. The first kappa shape index (κ1) is 27.9. The molecule has 1 aliphatic heterocycles. The number of phenols is 1. The molecule has 0 saturated heterocycles. The second-order valence-electron chi connectivity index (χ2n) is 9.87. The fraction of sp³-hybridized carbons (Fsp3) is 0.125. The van der Waals surface area contributed by atoms with Crippen molar-refractivity contribution in [2.45, 2.75) is 6.92 Å². The molecule has 0 spiro atoms. The standard InChI is InChI=1S/C32H26N2O8/c1-18-13-19(32(41)34(16-29(37)38)17-30(39)40)3-10-24(18)31-25-11-6-21(33(2)20-4-7-22(35)8-5-20)14-27(25)42-28-15-23(36)9-12-26(28)31/h3-15,35H,16-17H2,1-2H3,(H,37,38)(H,39,40). The van der Waals surface area contributed by atoms with E-state index in [0.717, 1.165) is 32.8 Å². The molecule has 1 heterocycles. The van der Waals surface area contributed by atoms with Gasteiger partial charge in [-0.05, 0) is 78.7 Å². The molecule has 0 fully saturated rings. The maximum absolute atomic E-state index is 13.0. The predicted octanol–water partition coefficient (Wildman–Crippen LogP) is 4.96. The van der Waals surface area contributed by atoms with Gasteiger partial charge in [0.05, 0.1) is 0 Å². The lowest BCUT2D eigenvalue weighted by molar-refractivity contribution is -0.140. The lowest BCUT2D eigenvalue weighted by atomic mass is 9.90. The first-order valence-electron chi connectivity index (χ1n) is 12.9. The van der Waals surface area contributed by atoms with Crippen molar-refractivity contribution < 1.29 is 34.1 Å². The van der Waals surface area contributed by atoms with Gasteiger partial charge in [-0.25, -0.2) is 0 Å². The van der Waals surface area contributed by atoms with Gasteiger partial charge < -0.3 is 29.5 Å². The molecule has 1 aliphatic carbocycles. The summed E-state index contributed by atoms with van der Waals surface area (Å²) in [7, 11) is 1.88. The van der Waals surface area contributed by atoms with E-state index in [1.165, 1.54) is 18.2 Å². The highest BCUT2D eigenvalue weighted by Gasteiger charge is 2.24. The third-order valence-corrected chi connectivity index (χ3v) is 6.98. The van der Waals surface area contributed by atoms with E-state index in [0.29, 0.717) is 22.5 Å². The highest BCUT2D eigenvalue weighted by atomic mass is 16.4. The average Bonchev–Trinajstić information content (AvgIpc) is 2.94. The average molecular weight is 567 g/mol. The molecule has 2 aliphatic rings. The van der Waals surface area contributed by atoms with Crippen molar-refractivity contribution in [3.63, 3.8) is 0 Å². The molecule has 0 aromatic heterocycles. The van der Waals surface area contributed by atoms with Gasteiger partial charge in [0.25, 0.3) is 5.91 Å². The monoisotopic (exact) mass is 566 g/mol. The van der Waals surface area contributed by atoms with E-state index in [4.69, 9.17) is 14.6 Å². The van der Waals surface area contributed by atoms with Gasteiger partial charge in [-0.1, -0.05) is 6.07 Å². The number of aryl methyl sites for hydroxylation is 1. The number of aromatic hydroxyl groups is 1. The van der Waals surface area contributed by atoms with Gasteiger partial charge in [0.1, 0.15) is 30.2 Å². The van der Waals surface area contributed by atoms with E-state index in [9.17, 15) is 24.3 Å². The summed E-state index contributed by atoms with van der Waals surface area (Å²) < 4.78 is 6.20. The Kier molecular flexibility index (Phi) is 7.37. The van der Waals surface area contributed by atoms with Crippen molar-refractivity contribution in [2.24, 2.45) is 0 Å². The molecular formula is C32H26N2O8. The second kappa shape index (κ2) is 11.1. The summed E-state index contributed by atoms with van der Waals surface area (Å²) in [4.78, 5) is 50.4. The maximum atomic E-state index is 13.0. The Morgan fingerprint density at radius 3 is 2.07 bits per heavy atom. The smallest absolute Gasteiger partial charge is 0.323 e. The number of hydrogen-bond donors (Lipinski definition) is 3. The Morgan fingerprint density at radius 2 is 1.43 bits per heavy atom. The Balaban J connectivity index is 1.63. The number of carboxylic acids is 2. The quantitative estimate of drug-likeness (QED) is 0.222. The molecule has 3 aromatic rings. The minimum absolute atomic E-state index is 0.146. The minimum atomic E-state index is -1.32. The van der Waals surface area contributed by atoms with Crippen molar-refractivity contribution in [3.05, 3.63) is 100 Å². The zero-order valence-corrected chi connectivity index (χ0v) is 22.7. The third kappa shape index (κ3) is 5.50. The van der Waals surface area contributed by atoms with E-state index in [-0.39, 0.29) is 16.7 Å². The molecule has 0 radical (unpaired) electrons. The Labute approximate surface area is 239 Å². The van der Waals surface area contributed by atoms with Gasteiger partial charge in [0.15, 0.2) is 5.43 Å². The summed E-state index contributed by atoms with van der Waals surface area (Å²) in [5, 5.41) is 28.7. The highest BCUT2D eigenvalue weighted by Crippen LogP contribution is 2.42. The summed E-state index contributed by atoms with van der Waals surface area (Å²) in [6.07, 6.45) is 0. The van der Waals surface area contributed by atoms with Crippen LogP contribution in [-0.4, -0.2) is 58.2 Å². The lowest BCUT2D eigenvalue weighted by Crippen LogP contribution is -2.39. The van der Waals surface area contributed by atoms with Crippen LogP contribution in [0.1, 0.15) is 15.9 Å². The zero-order chi connectivity index (χ0) is 30.1. The second-order valence-corrected chi connectivity index (χ2v) is 9.87. The molecule has 0 atom stereocenters. The van der Waals surface area contributed by atoms with Crippen LogP contribution in [0.2, 0.25) is 0 Å². The number of phenolic OH excluding ortho intramolecular Hbond substituents is 1. The molecule has 0 unspecified atom stereocenters. The summed E-state index contributed by atoms with van der Waals surface area (Å²) in [6.45, 7) is 0.293. The number of aliphatic carboxylic acids is 2. The molecule has 0 saturated carbocycles. The van der Waals surface area contributed by atoms with Crippen molar-refractivity contribution in [1.29, 1.82) is 0 Å². The van der Waals surface area contributed by atoms with Crippen LogP contribution in [0.15, 0.2) is 88.1 Å². The molecule has 42 heavy (non-hydrogen) atoms. The van der Waals surface area contributed by atoms with E-state index < -0.39 is 30.9 Å².